The van der Waals surface area contributed by atoms with E-state index in [0.29, 0.717) is 42.1 Å². The SMILES string of the molecule is CCCNC(=O)Oc1cnc(N2CCC3(CC2)CCN(C2CCC(O)CC2)C3=O)c(Cl)c1. The molecule has 1 aromatic rings. The maximum absolute atomic E-state index is 13.3. The zero-order chi connectivity index (χ0) is 22.7. The minimum absolute atomic E-state index is 0.207. The van der Waals surface area contributed by atoms with Crippen molar-refractivity contribution in [3.05, 3.63) is 17.3 Å². The first-order valence-corrected chi connectivity index (χ1v) is 12.1. The highest BCUT2D eigenvalue weighted by atomic mass is 35.5. The molecule has 4 rings (SSSR count). The van der Waals surface area contributed by atoms with Crippen LogP contribution in [0.2, 0.25) is 5.02 Å². The van der Waals surface area contributed by atoms with E-state index in [0.717, 1.165) is 57.9 Å². The zero-order valence-corrected chi connectivity index (χ0v) is 19.4. The number of halogens is 1. The number of hydrogen-bond acceptors (Lipinski definition) is 6. The molecule has 3 heterocycles. The molecule has 3 aliphatic rings. The van der Waals surface area contributed by atoms with E-state index in [1.807, 2.05) is 6.92 Å². The Bertz CT molecular complexity index is 835. The third kappa shape index (κ3) is 4.81. The van der Waals surface area contributed by atoms with E-state index in [1.54, 1.807) is 6.07 Å². The second-order valence-electron chi connectivity index (χ2n) is 9.27. The predicted octanol–water partition coefficient (Wildman–Crippen LogP) is 3.36. The molecule has 8 nitrogen and oxygen atoms in total. The van der Waals surface area contributed by atoms with Crippen molar-refractivity contribution < 1.29 is 19.4 Å². The van der Waals surface area contributed by atoms with Crippen molar-refractivity contribution in [3.8, 4) is 5.75 Å². The van der Waals surface area contributed by atoms with Gasteiger partial charge in [0.1, 0.15) is 5.82 Å². The van der Waals surface area contributed by atoms with Gasteiger partial charge in [-0.1, -0.05) is 18.5 Å². The molecule has 0 unspecified atom stereocenters. The van der Waals surface area contributed by atoms with E-state index < -0.39 is 6.09 Å². The van der Waals surface area contributed by atoms with Gasteiger partial charge in [0.2, 0.25) is 5.91 Å². The summed E-state index contributed by atoms with van der Waals surface area (Å²) in [5.41, 5.74) is -0.278. The lowest BCUT2D eigenvalue weighted by Crippen LogP contribution is -2.47. The number of pyridine rings is 1. The lowest BCUT2D eigenvalue weighted by atomic mass is 9.77. The molecule has 2 aliphatic heterocycles. The van der Waals surface area contributed by atoms with Gasteiger partial charge in [-0.15, -0.1) is 0 Å². The van der Waals surface area contributed by atoms with Crippen LogP contribution in [0, 0.1) is 5.41 Å². The third-order valence-corrected chi connectivity index (χ3v) is 7.48. The summed E-state index contributed by atoms with van der Waals surface area (Å²) in [5.74, 6) is 1.26. The van der Waals surface area contributed by atoms with Gasteiger partial charge in [-0.3, -0.25) is 4.79 Å². The van der Waals surface area contributed by atoms with Crippen molar-refractivity contribution in [2.75, 3.05) is 31.1 Å². The number of rotatable bonds is 5. The summed E-state index contributed by atoms with van der Waals surface area (Å²) in [4.78, 5) is 33.7. The van der Waals surface area contributed by atoms with E-state index in [4.69, 9.17) is 16.3 Å². The number of aliphatic hydroxyl groups is 1. The van der Waals surface area contributed by atoms with Crippen molar-refractivity contribution in [3.63, 3.8) is 0 Å². The Balaban J connectivity index is 1.34. The lowest BCUT2D eigenvalue weighted by Gasteiger charge is -2.40. The van der Waals surface area contributed by atoms with Crippen molar-refractivity contribution in [2.45, 2.75) is 70.4 Å². The number of anilines is 1. The van der Waals surface area contributed by atoms with E-state index in [2.05, 4.69) is 20.1 Å². The van der Waals surface area contributed by atoms with Gasteiger partial charge in [-0.2, -0.15) is 0 Å². The quantitative estimate of drug-likeness (QED) is 0.693. The minimum Gasteiger partial charge on any atom is -0.409 e. The van der Waals surface area contributed by atoms with Crippen LogP contribution in [0.25, 0.3) is 0 Å². The molecule has 1 aliphatic carbocycles. The Morgan fingerprint density at radius 1 is 1.25 bits per heavy atom. The topological polar surface area (TPSA) is 95.0 Å². The number of carbonyl (C=O) groups is 2. The molecule has 3 fully saturated rings. The first kappa shape index (κ1) is 23.1. The summed E-state index contributed by atoms with van der Waals surface area (Å²) in [6.45, 7) is 4.77. The molecule has 0 bridgehead atoms. The van der Waals surface area contributed by atoms with Gasteiger partial charge < -0.3 is 25.0 Å². The molecule has 2 saturated heterocycles. The highest BCUT2D eigenvalue weighted by Gasteiger charge is 2.50. The molecule has 176 valence electrons. The van der Waals surface area contributed by atoms with Crippen LogP contribution in [0.15, 0.2) is 12.3 Å². The molecule has 1 aromatic heterocycles. The molecule has 0 atom stereocenters. The van der Waals surface area contributed by atoms with Crippen LogP contribution in [0.5, 0.6) is 5.75 Å². The number of hydrogen-bond donors (Lipinski definition) is 2. The molecule has 0 radical (unpaired) electrons. The minimum atomic E-state index is -0.519. The number of amides is 2. The summed E-state index contributed by atoms with van der Waals surface area (Å²) in [6.07, 6.45) is 7.47. The summed E-state index contributed by atoms with van der Waals surface area (Å²) in [5, 5.41) is 12.9. The lowest BCUT2D eigenvalue weighted by molar-refractivity contribution is -0.139. The van der Waals surface area contributed by atoms with Gasteiger partial charge in [0.15, 0.2) is 5.75 Å². The largest absolute Gasteiger partial charge is 0.412 e. The van der Waals surface area contributed by atoms with Crippen LogP contribution >= 0.6 is 11.6 Å². The number of ether oxygens (including phenoxy) is 1. The number of aromatic nitrogens is 1. The zero-order valence-electron chi connectivity index (χ0n) is 18.7. The first-order chi connectivity index (χ1) is 15.4. The van der Waals surface area contributed by atoms with E-state index >= 15 is 0 Å². The van der Waals surface area contributed by atoms with Crippen LogP contribution in [-0.4, -0.2) is 65.3 Å². The molecule has 0 aromatic carbocycles. The number of aliphatic hydroxyl groups excluding tert-OH is 1. The summed E-state index contributed by atoms with van der Waals surface area (Å²) in [6, 6.07) is 1.89. The highest BCUT2D eigenvalue weighted by molar-refractivity contribution is 6.33. The maximum atomic E-state index is 13.3. The third-order valence-electron chi connectivity index (χ3n) is 7.20. The number of likely N-dealkylation sites (tertiary alicyclic amines) is 1. The van der Waals surface area contributed by atoms with Crippen LogP contribution in [0.4, 0.5) is 10.6 Å². The van der Waals surface area contributed by atoms with Gasteiger partial charge >= 0.3 is 6.09 Å². The molecule has 1 spiro atoms. The van der Waals surface area contributed by atoms with Crippen LogP contribution in [0.3, 0.4) is 0 Å². The van der Waals surface area contributed by atoms with Crippen molar-refractivity contribution in [1.82, 2.24) is 15.2 Å². The highest BCUT2D eigenvalue weighted by Crippen LogP contribution is 2.44. The Hall–Kier alpha value is -2.06. The molecular formula is C23H33ClN4O4. The Labute approximate surface area is 194 Å². The monoisotopic (exact) mass is 464 g/mol. The second-order valence-corrected chi connectivity index (χ2v) is 9.68. The summed E-state index contributed by atoms with van der Waals surface area (Å²) < 4.78 is 5.22. The fourth-order valence-corrected chi connectivity index (χ4v) is 5.52. The Kier molecular flexibility index (Phi) is 7.10. The number of carbonyl (C=O) groups excluding carboxylic acids is 2. The number of nitrogens with zero attached hydrogens (tertiary/aromatic N) is 3. The smallest absolute Gasteiger partial charge is 0.409 e. The Morgan fingerprint density at radius 2 is 1.94 bits per heavy atom. The molecule has 2 amide bonds. The van der Waals surface area contributed by atoms with Gasteiger partial charge in [0, 0.05) is 38.3 Å². The van der Waals surface area contributed by atoms with Crippen molar-refractivity contribution in [2.24, 2.45) is 5.41 Å². The summed E-state index contributed by atoms with van der Waals surface area (Å²) in [7, 11) is 0. The standard InChI is InChI=1S/C23H33ClN4O4/c1-2-10-25-22(31)32-18-14-19(24)20(26-15-18)27-11-7-23(8-12-27)9-13-28(21(23)30)16-3-5-17(29)6-4-16/h14-17,29H,2-13H2,1H3,(H,25,31). The van der Waals surface area contributed by atoms with Crippen LogP contribution in [0.1, 0.15) is 58.3 Å². The fraction of sp³-hybridized carbons (Fsp3) is 0.696. The molecular weight excluding hydrogens is 432 g/mol. The van der Waals surface area contributed by atoms with Crippen LogP contribution < -0.4 is 15.0 Å². The van der Waals surface area contributed by atoms with E-state index in [-0.39, 0.29) is 17.6 Å². The first-order valence-electron chi connectivity index (χ1n) is 11.8. The normalized spacial score (nSPS) is 25.3. The van der Waals surface area contributed by atoms with Crippen LogP contribution in [-0.2, 0) is 4.79 Å². The van der Waals surface area contributed by atoms with Gasteiger partial charge in [-0.25, -0.2) is 9.78 Å². The van der Waals surface area contributed by atoms with E-state index in [9.17, 15) is 14.7 Å². The van der Waals surface area contributed by atoms with Crippen molar-refractivity contribution >= 4 is 29.4 Å². The van der Waals surface area contributed by atoms with Gasteiger partial charge in [-0.05, 0) is 51.4 Å². The van der Waals surface area contributed by atoms with Gasteiger partial charge in [0.05, 0.1) is 22.7 Å². The number of nitrogens with one attached hydrogen (secondary N) is 1. The maximum Gasteiger partial charge on any atom is 0.412 e. The van der Waals surface area contributed by atoms with Gasteiger partial charge in [0.25, 0.3) is 0 Å². The summed E-state index contributed by atoms with van der Waals surface area (Å²) >= 11 is 6.46. The van der Waals surface area contributed by atoms with Crippen molar-refractivity contribution in [1.29, 1.82) is 0 Å². The Morgan fingerprint density at radius 3 is 2.59 bits per heavy atom. The molecule has 2 N–H and O–H groups in total. The average molecular weight is 465 g/mol. The number of piperidine rings is 1. The molecule has 9 heteroatoms. The second kappa shape index (κ2) is 9.83. The molecule has 1 saturated carbocycles. The molecule has 32 heavy (non-hydrogen) atoms. The fourth-order valence-electron chi connectivity index (χ4n) is 5.25. The van der Waals surface area contributed by atoms with E-state index in [1.165, 1.54) is 6.20 Å². The predicted molar refractivity (Wildman–Crippen MR) is 122 cm³/mol. The average Bonchev–Trinajstić information content (AvgIpc) is 3.09.